The normalized spacial score (nSPS) is 10.4. The lowest BCUT2D eigenvalue weighted by Crippen LogP contribution is -2.51. The average Bonchev–Trinajstić information content (AvgIpc) is 2.44. The molecule has 0 aliphatic carbocycles. The topological polar surface area (TPSA) is 98.8 Å². The van der Waals surface area contributed by atoms with Gasteiger partial charge in [-0.2, -0.15) is 0 Å². The molecule has 0 fully saturated rings. The Morgan fingerprint density at radius 1 is 0.739 bits per heavy atom. The van der Waals surface area contributed by atoms with E-state index in [0.717, 1.165) is 0 Å². The third-order valence-corrected chi connectivity index (χ3v) is 3.17. The zero-order valence-corrected chi connectivity index (χ0v) is 14.8. The molecule has 8 heteroatoms. The van der Waals surface area contributed by atoms with E-state index < -0.39 is 0 Å². The minimum Gasteiger partial charge on any atom is -0.338 e. The van der Waals surface area contributed by atoms with Crippen molar-refractivity contribution in [2.24, 2.45) is 11.8 Å². The molecule has 0 aliphatic rings. The Labute approximate surface area is 137 Å². The average molecular weight is 328 g/mol. The highest BCUT2D eigenvalue weighted by Gasteiger charge is 2.18. The van der Waals surface area contributed by atoms with Gasteiger partial charge < -0.3 is 20.4 Å². The van der Waals surface area contributed by atoms with Gasteiger partial charge in [-0.05, 0) is 0 Å². The van der Waals surface area contributed by atoms with E-state index in [4.69, 9.17) is 0 Å². The monoisotopic (exact) mass is 328 g/mol. The van der Waals surface area contributed by atoms with E-state index in [2.05, 4.69) is 10.6 Å². The first-order valence-corrected chi connectivity index (χ1v) is 7.62. The second-order valence-electron chi connectivity index (χ2n) is 5.97. The number of rotatable bonds is 8. The molecule has 0 bridgehead atoms. The molecule has 23 heavy (non-hydrogen) atoms. The summed E-state index contributed by atoms with van der Waals surface area (Å²) in [5, 5.41) is 5.26. The Bertz CT molecular complexity index is 409. The van der Waals surface area contributed by atoms with E-state index in [-0.39, 0.29) is 55.5 Å². The second kappa shape index (κ2) is 9.81. The van der Waals surface area contributed by atoms with Crippen molar-refractivity contribution in [3.05, 3.63) is 0 Å². The summed E-state index contributed by atoms with van der Waals surface area (Å²) in [4.78, 5) is 49.2. The number of hydrogen-bond acceptors (Lipinski definition) is 4. The van der Waals surface area contributed by atoms with Crippen molar-refractivity contribution in [2.45, 2.75) is 41.5 Å². The SMILES string of the molecule is CC(=O)N(CNC(=O)C(C)C)CN(CNC(=O)C(C)C)C(C)=O. The zero-order chi connectivity index (χ0) is 18.2. The van der Waals surface area contributed by atoms with Crippen molar-refractivity contribution < 1.29 is 19.2 Å². The molecule has 0 spiro atoms. The largest absolute Gasteiger partial charge is 0.338 e. The Balaban J connectivity index is 4.71. The number of nitrogens with zero attached hydrogens (tertiary/aromatic N) is 2. The van der Waals surface area contributed by atoms with E-state index in [9.17, 15) is 19.2 Å². The fourth-order valence-electron chi connectivity index (χ4n) is 1.48. The van der Waals surface area contributed by atoms with Gasteiger partial charge >= 0.3 is 0 Å². The maximum Gasteiger partial charge on any atom is 0.223 e. The number of carbonyl (C=O) groups is 4. The van der Waals surface area contributed by atoms with Gasteiger partial charge in [0, 0.05) is 25.7 Å². The number of hydrogen-bond donors (Lipinski definition) is 2. The minimum atomic E-state index is -0.282. The molecule has 4 amide bonds. The Morgan fingerprint density at radius 3 is 1.26 bits per heavy atom. The molecular formula is C15H28N4O4. The van der Waals surface area contributed by atoms with Crippen LogP contribution < -0.4 is 10.6 Å². The van der Waals surface area contributed by atoms with Gasteiger partial charge in [0.05, 0.1) is 20.0 Å². The fraction of sp³-hybridized carbons (Fsp3) is 0.733. The lowest BCUT2D eigenvalue weighted by Gasteiger charge is -2.30. The quantitative estimate of drug-likeness (QED) is 0.617. The summed E-state index contributed by atoms with van der Waals surface area (Å²) in [7, 11) is 0. The smallest absolute Gasteiger partial charge is 0.223 e. The highest BCUT2D eigenvalue weighted by molar-refractivity contribution is 5.80. The number of nitrogens with one attached hydrogen (secondary N) is 2. The van der Waals surface area contributed by atoms with Crippen LogP contribution in [0, 0.1) is 11.8 Å². The molecule has 8 nitrogen and oxygen atoms in total. The molecule has 0 rings (SSSR count). The van der Waals surface area contributed by atoms with Gasteiger partial charge in [-0.15, -0.1) is 0 Å². The van der Waals surface area contributed by atoms with Gasteiger partial charge in [0.25, 0.3) is 0 Å². The molecule has 0 saturated carbocycles. The highest BCUT2D eigenvalue weighted by atomic mass is 16.2. The van der Waals surface area contributed by atoms with Gasteiger partial charge in [-0.1, -0.05) is 27.7 Å². The first kappa shape index (κ1) is 20.9. The van der Waals surface area contributed by atoms with Crippen molar-refractivity contribution in [3.8, 4) is 0 Å². The summed E-state index contributed by atoms with van der Waals surface area (Å²) < 4.78 is 0. The molecule has 0 aromatic rings. The van der Waals surface area contributed by atoms with Crippen LogP contribution in [0.2, 0.25) is 0 Å². The molecule has 0 radical (unpaired) electrons. The van der Waals surface area contributed by atoms with Crippen molar-refractivity contribution in [1.82, 2.24) is 20.4 Å². The Hall–Kier alpha value is -2.12. The molecule has 2 N–H and O–H groups in total. The molecule has 0 saturated heterocycles. The van der Waals surface area contributed by atoms with Crippen LogP contribution >= 0.6 is 0 Å². The van der Waals surface area contributed by atoms with Crippen LogP contribution in [0.3, 0.4) is 0 Å². The molecule has 0 unspecified atom stereocenters. The van der Waals surface area contributed by atoms with Gasteiger partial charge in [0.2, 0.25) is 23.6 Å². The lowest BCUT2D eigenvalue weighted by atomic mass is 10.2. The van der Waals surface area contributed by atoms with E-state index >= 15 is 0 Å². The number of carbonyl (C=O) groups excluding carboxylic acids is 4. The molecule has 0 aromatic heterocycles. The van der Waals surface area contributed by atoms with Crippen LogP contribution in [-0.4, -0.2) is 53.4 Å². The Kier molecular flexibility index (Phi) is 8.90. The maximum atomic E-state index is 11.7. The van der Waals surface area contributed by atoms with E-state index in [1.54, 1.807) is 27.7 Å². The third-order valence-electron chi connectivity index (χ3n) is 3.17. The van der Waals surface area contributed by atoms with Gasteiger partial charge in [0.15, 0.2) is 0 Å². The molecule has 0 atom stereocenters. The van der Waals surface area contributed by atoms with Crippen molar-refractivity contribution in [1.29, 1.82) is 0 Å². The maximum absolute atomic E-state index is 11.7. The van der Waals surface area contributed by atoms with Crippen LogP contribution in [0.25, 0.3) is 0 Å². The van der Waals surface area contributed by atoms with Crippen LogP contribution in [0.1, 0.15) is 41.5 Å². The van der Waals surface area contributed by atoms with Crippen molar-refractivity contribution >= 4 is 23.6 Å². The van der Waals surface area contributed by atoms with E-state index in [1.165, 1.54) is 23.6 Å². The van der Waals surface area contributed by atoms with Gasteiger partial charge in [-0.3, -0.25) is 19.2 Å². The van der Waals surface area contributed by atoms with Crippen LogP contribution in [0.4, 0.5) is 0 Å². The van der Waals surface area contributed by atoms with Gasteiger partial charge in [-0.25, -0.2) is 0 Å². The first-order valence-electron chi connectivity index (χ1n) is 7.62. The van der Waals surface area contributed by atoms with E-state index in [1.807, 2.05) is 0 Å². The summed E-state index contributed by atoms with van der Waals surface area (Å²) in [6.45, 7) is 9.70. The standard InChI is InChI=1S/C15H28N4O4/c1-10(2)14(22)16-7-18(12(5)20)9-19(13(6)21)8-17-15(23)11(3)4/h10-11H,7-9H2,1-6H3,(H,16,22)(H,17,23). The number of amides is 4. The van der Waals surface area contributed by atoms with Crippen LogP contribution in [-0.2, 0) is 19.2 Å². The first-order chi connectivity index (χ1) is 10.6. The van der Waals surface area contributed by atoms with Crippen molar-refractivity contribution in [2.75, 3.05) is 20.0 Å². The summed E-state index contributed by atoms with van der Waals surface area (Å²) in [5.41, 5.74) is 0. The highest BCUT2D eigenvalue weighted by Crippen LogP contribution is 1.98. The predicted octanol–water partition coefficient (Wildman–Crippen LogP) is 0.100. The van der Waals surface area contributed by atoms with E-state index in [0.29, 0.717) is 0 Å². The Morgan fingerprint density at radius 2 is 1.04 bits per heavy atom. The molecule has 0 aromatic carbocycles. The van der Waals surface area contributed by atoms with Crippen LogP contribution in [0.15, 0.2) is 0 Å². The van der Waals surface area contributed by atoms with Gasteiger partial charge in [0.1, 0.15) is 0 Å². The molecule has 132 valence electrons. The lowest BCUT2D eigenvalue weighted by molar-refractivity contribution is -0.138. The zero-order valence-electron chi connectivity index (χ0n) is 14.8. The predicted molar refractivity (Wildman–Crippen MR) is 85.6 cm³/mol. The summed E-state index contributed by atoms with van der Waals surface area (Å²) in [6.07, 6.45) is 0. The molecule has 0 aliphatic heterocycles. The van der Waals surface area contributed by atoms with Crippen LogP contribution in [0.5, 0.6) is 0 Å². The fourth-order valence-corrected chi connectivity index (χ4v) is 1.48. The summed E-state index contributed by atoms with van der Waals surface area (Å²) >= 11 is 0. The van der Waals surface area contributed by atoms with Crippen molar-refractivity contribution in [3.63, 3.8) is 0 Å². The third kappa shape index (κ3) is 8.18. The minimum absolute atomic E-state index is 0.00819. The summed E-state index contributed by atoms with van der Waals surface area (Å²) in [6, 6.07) is 0. The molecule has 0 heterocycles. The second-order valence-corrected chi connectivity index (χ2v) is 5.97. The summed E-state index contributed by atoms with van der Waals surface area (Å²) in [5.74, 6) is -1.32. The molecular weight excluding hydrogens is 300 g/mol.